The second-order valence-corrected chi connectivity index (χ2v) is 62.2. The first-order valence-electron chi connectivity index (χ1n) is 47.5. The average Bonchev–Trinajstić information content (AvgIpc) is 1.60. The van der Waals surface area contributed by atoms with Gasteiger partial charge in [0.15, 0.2) is 0 Å². The molecule has 4 aliphatic rings. The van der Waals surface area contributed by atoms with E-state index in [0.717, 1.165) is 135 Å². The zero-order valence-corrected chi connectivity index (χ0v) is 107. The number of fused-ring (bicyclic) bond motifs is 7. The van der Waals surface area contributed by atoms with Crippen LogP contribution in [0.2, 0.25) is 0 Å². The van der Waals surface area contributed by atoms with Crippen molar-refractivity contribution in [2.75, 3.05) is 185 Å². The number of halogens is 3. The second-order valence-electron chi connectivity index (χ2n) is 38.2. The van der Waals surface area contributed by atoms with Crippen LogP contribution in [0.25, 0.3) is 11.0 Å². The van der Waals surface area contributed by atoms with Gasteiger partial charge < -0.3 is 9.46 Å². The molecule has 1 aromatic heterocycles. The van der Waals surface area contributed by atoms with E-state index in [1.807, 2.05) is 66.7 Å². The van der Waals surface area contributed by atoms with Gasteiger partial charge in [-0.3, -0.25) is 0 Å². The van der Waals surface area contributed by atoms with Gasteiger partial charge in [0, 0.05) is 113 Å². The zero-order valence-electron chi connectivity index (χ0n) is 85.3. The van der Waals surface area contributed by atoms with Crippen LogP contribution >= 0.6 is 101 Å². The van der Waals surface area contributed by atoms with Gasteiger partial charge in [-0.1, -0.05) is 70.0 Å². The third kappa shape index (κ3) is 35.1. The summed E-state index contributed by atoms with van der Waals surface area (Å²) in [5.41, 5.74) is 24.3. The maximum atomic E-state index is 14.6. The first-order valence-corrected chi connectivity index (χ1v) is 70.8. The molecule has 764 valence electrons. The predicted octanol–water partition coefficient (Wildman–Crippen LogP) is 25.0. The van der Waals surface area contributed by atoms with Gasteiger partial charge >= 0.3 is 411 Å². The number of para-hydroxylation sites is 6. The summed E-state index contributed by atoms with van der Waals surface area (Å²) >= 11 is 3.85. The van der Waals surface area contributed by atoms with Gasteiger partial charge in [-0.05, 0) is 79.4 Å². The van der Waals surface area contributed by atoms with E-state index >= 15 is 0 Å². The number of benzene rings is 12. The second kappa shape index (κ2) is 60.9. The summed E-state index contributed by atoms with van der Waals surface area (Å²) in [6, 6.07) is 113. The molecule has 141 heavy (non-hydrogen) atoms. The summed E-state index contributed by atoms with van der Waals surface area (Å²) in [5.74, 6) is 0. The SMILES string of the molecule is CN(CCCN(C)Cn1[c](=[Pt])n(C)c2ccccc21)Cc1[c-]cccc1.CN1CCCN(C)CN2[C]3=[Pt]=[C]4N(CCN3c3ccccc32)c2ccccc2N4C1.C[PH+](C)Cc1[c-]c(P(=O)(c2[c-]c(C[PH+](C)C)ccc2)c2ccccc2)ccc1.C[PH+](C)Cc1[c-]c(Sc2[c-]c(C[PH+](C)C)ccc2)ccc1.Cc1cc(C)c(N(c2[c-]c(C[PH+](C)C)ccc2)c2[c-]c(C[PH+](C)C)ccc2)c(C)c1.Cl.ClCl.[Pt+2].[Pt+2].[Pt+2]. The number of anilines is 7. The number of rotatable bonds is 28. The molecule has 12 nitrogen and oxygen atoms in total. The van der Waals surface area contributed by atoms with Crippen LogP contribution in [0.4, 0.5) is 39.8 Å². The van der Waals surface area contributed by atoms with Crippen LogP contribution in [-0.2, 0) is 162 Å². The molecular weight excluding hydrogens is 2860 g/mol. The molecule has 0 radical (unpaired) electrons. The molecule has 28 heteroatoms. The molecule has 0 unspecified atom stereocenters. The molecule has 0 saturated heterocycles. The molecule has 0 N–H and O–H groups in total. The monoisotopic (exact) mass is 3000 g/mol. The van der Waals surface area contributed by atoms with E-state index in [2.05, 4.69) is 455 Å². The minimum atomic E-state index is -3.01. The molecule has 13 aromatic rings. The van der Waals surface area contributed by atoms with Gasteiger partial charge in [0.25, 0.3) is 0 Å². The summed E-state index contributed by atoms with van der Waals surface area (Å²) in [6.07, 6.45) is 9.08. The van der Waals surface area contributed by atoms with Gasteiger partial charge in [0.1, 0.15) is 7.14 Å². The largest absolute Gasteiger partial charge is 2.00 e. The predicted molar refractivity (Wildman–Crippen MR) is 619 cm³/mol. The van der Waals surface area contributed by atoms with Crippen LogP contribution in [0.1, 0.15) is 68.5 Å². The average molecular weight is 3000 g/mol. The Bertz CT molecular complexity index is 6030. The Balaban J connectivity index is 0.000000214. The van der Waals surface area contributed by atoms with Crippen molar-refractivity contribution >= 4 is 176 Å². The first-order chi connectivity index (χ1) is 65.9. The normalized spacial score (nSPS) is 13.4. The van der Waals surface area contributed by atoms with E-state index in [1.54, 1.807) is 11.8 Å². The quantitative estimate of drug-likeness (QED) is 0.0348. The first kappa shape index (κ1) is 122. The third-order valence-electron chi connectivity index (χ3n) is 23.6. The van der Waals surface area contributed by atoms with Crippen LogP contribution in [0.15, 0.2) is 259 Å². The van der Waals surface area contributed by atoms with Crippen LogP contribution in [0.5, 0.6) is 0 Å². The fourth-order valence-electron chi connectivity index (χ4n) is 17.8. The van der Waals surface area contributed by atoms with Gasteiger partial charge in [-0.25, -0.2) is 0 Å². The van der Waals surface area contributed by atoms with Gasteiger partial charge in [-0.15, -0.1) is 79.5 Å². The van der Waals surface area contributed by atoms with Crippen LogP contribution in [0, 0.1) is 67.0 Å². The Morgan fingerprint density at radius 2 is 0.794 bits per heavy atom. The molecule has 0 fully saturated rings. The van der Waals surface area contributed by atoms with E-state index < -0.39 is 23.0 Å². The fraction of sp³-hybridized carbons (Fsp3) is 0.336. The molecule has 5 heterocycles. The number of hydrogen-bond acceptors (Lipinski definition) is 11. The third-order valence-corrected chi connectivity index (χ3v) is 38.8. The van der Waals surface area contributed by atoms with E-state index in [9.17, 15) is 4.57 Å². The summed E-state index contributed by atoms with van der Waals surface area (Å²) < 4.78 is 23.6. The van der Waals surface area contributed by atoms with Crippen LogP contribution in [0.3, 0.4) is 0 Å². The Hall–Kier alpha value is -3.84. The molecule has 17 rings (SSSR count). The smallest absolute Gasteiger partial charge is 0.358 e. The number of hydrogen-bond donors (Lipinski definition) is 0. The van der Waals surface area contributed by atoms with Gasteiger partial charge in [0.05, 0.1) is 37.0 Å². The maximum absolute atomic E-state index is 14.6. The molecular formula is C113H144Cl3N11OP7Pt5S+5. The van der Waals surface area contributed by atoms with E-state index in [4.69, 9.17) is 0 Å². The van der Waals surface area contributed by atoms with Crippen molar-refractivity contribution in [2.24, 2.45) is 7.05 Å². The van der Waals surface area contributed by atoms with Crippen LogP contribution < -0.4 is 40.4 Å². The Morgan fingerprint density at radius 1 is 0.426 bits per heavy atom. The van der Waals surface area contributed by atoms with Crippen molar-refractivity contribution in [3.63, 3.8) is 0 Å². The standard InChI is InChI=1S/C27H33NP2.C24H27OP3.C23H28N6.C21H27N4.C18H22P2S.Cl2.ClH.5Pt/c1-20-14-21(2)27(22(3)15-20)28(25-12-8-10-23(16-25)18-29(4)5)26-13-9-11-24(17-26)19-30(6)7;1-26(2)18-20-10-8-14-23(16-20)28(25,22-12-6-5-7-13-22)24-15-9-11-21(17-24)19-27(3)4;1-24-12-7-13-25(2)17-29-19-27(21-9-4-6-11-23(21)29)15-14-26-18-28(16-24)22-10-5-3-8-20(22)26;1-22(16-19-10-5-4-6-11-19)14-9-15-23(2)17-25-18-24(3)20-12-7-8-13-21(20)25;1-19(2)13-15-7-5-9-17(11-15)21-18-10-6-8-16(12-18)14-20(3)4;1-2;;;;;;/h8-15H,18-19H2,1-7H3;5-15H,18-19H2,1-4H3;3-6,8-11H,7,12-17H2,1-2H3;4-8,10,12-13H,9,14-17H2,1-3H3;5-10H,13-14H2,1-4H3;;1H;;;;;/q2*-2;;-1;-2;;;;;3*+2/p+6. The fourth-order valence-corrected chi connectivity index (χ4v) is 31.5. The van der Waals surface area contributed by atoms with Crippen molar-refractivity contribution in [1.29, 1.82) is 0 Å². The number of aryl methyl sites for hydroxylation is 4. The molecule has 4 aliphatic heterocycles. The maximum Gasteiger partial charge on any atom is 2.00 e. The molecule has 0 atom stereocenters. The Labute approximate surface area is 935 Å². The zero-order chi connectivity index (χ0) is 98.0. The number of imidazole rings is 1. The van der Waals surface area contributed by atoms with E-state index in [-0.39, 0.29) is 125 Å². The van der Waals surface area contributed by atoms with Gasteiger partial charge in [-0.2, -0.15) is 140 Å². The molecule has 0 aliphatic carbocycles. The summed E-state index contributed by atoms with van der Waals surface area (Å²) in [5, 5.41) is 2.45. The molecule has 0 spiro atoms. The van der Waals surface area contributed by atoms with Crippen molar-refractivity contribution in [3.8, 4) is 0 Å². The van der Waals surface area contributed by atoms with Gasteiger partial charge in [0.2, 0.25) is 0 Å². The van der Waals surface area contributed by atoms with Crippen molar-refractivity contribution in [1.82, 2.24) is 28.7 Å². The molecule has 0 amide bonds. The Kier molecular flexibility index (Phi) is 52.8. The summed E-state index contributed by atoms with van der Waals surface area (Å²) in [4.78, 5) is 25.0. The van der Waals surface area contributed by atoms with E-state index in [1.165, 1.54) is 125 Å². The van der Waals surface area contributed by atoms with E-state index in [0.29, 0.717) is 0 Å². The molecule has 12 aromatic carbocycles. The summed E-state index contributed by atoms with van der Waals surface area (Å²) in [6.45, 7) is 44.9. The van der Waals surface area contributed by atoms with Crippen LogP contribution in [-0.4, -0.2) is 198 Å². The van der Waals surface area contributed by atoms with Crippen molar-refractivity contribution in [2.45, 2.75) is 93.6 Å². The molecule has 0 saturated carbocycles. The minimum Gasteiger partial charge on any atom is -0.358 e. The van der Waals surface area contributed by atoms with Crippen molar-refractivity contribution < 1.29 is 105 Å². The Morgan fingerprint density at radius 3 is 1.22 bits per heavy atom. The number of nitrogens with zero attached hydrogens (tertiary/aromatic N) is 11. The molecule has 2 bridgehead atoms. The topological polar surface area (TPSA) is 56.1 Å². The van der Waals surface area contributed by atoms with Crippen molar-refractivity contribution in [3.05, 3.63) is 351 Å². The number of aromatic nitrogens is 2. The summed E-state index contributed by atoms with van der Waals surface area (Å²) in [7, 11) is 14.2. The minimum absolute atomic E-state index is 0.